The monoisotopic (exact) mass is 205 g/mol. The van der Waals surface area contributed by atoms with Crippen LogP contribution in [0.25, 0.3) is 0 Å². The number of rotatable bonds is 5. The molecular formula is C9H19NO2S. The zero-order valence-electron chi connectivity index (χ0n) is 8.25. The lowest BCUT2D eigenvalue weighted by Crippen LogP contribution is -2.47. The maximum Gasteiger partial charge on any atom is 0.150 e. The van der Waals surface area contributed by atoms with Crippen LogP contribution < -0.4 is 5.73 Å². The Kier molecular flexibility index (Phi) is 3.35. The largest absolute Gasteiger partial charge is 0.325 e. The molecule has 0 aromatic rings. The summed E-state index contributed by atoms with van der Waals surface area (Å²) in [5.41, 5.74) is 5.79. The molecule has 13 heavy (non-hydrogen) atoms. The molecule has 0 saturated heterocycles. The molecule has 0 radical (unpaired) electrons. The lowest BCUT2D eigenvalue weighted by atomic mass is 9.76. The molecular weight excluding hydrogens is 186 g/mol. The van der Waals surface area contributed by atoms with E-state index < -0.39 is 9.84 Å². The molecule has 0 amide bonds. The summed E-state index contributed by atoms with van der Waals surface area (Å²) in [4.78, 5) is 0. The summed E-state index contributed by atoms with van der Waals surface area (Å²) in [5.74, 6) is 0.584. The van der Waals surface area contributed by atoms with Crippen LogP contribution in [0.15, 0.2) is 0 Å². The smallest absolute Gasteiger partial charge is 0.150 e. The first kappa shape index (κ1) is 11.0. The highest BCUT2D eigenvalue weighted by molar-refractivity contribution is 7.91. The predicted molar refractivity (Wildman–Crippen MR) is 54.3 cm³/mol. The van der Waals surface area contributed by atoms with Gasteiger partial charge in [-0.3, -0.25) is 0 Å². The Morgan fingerprint density at radius 3 is 2.31 bits per heavy atom. The lowest BCUT2D eigenvalue weighted by molar-refractivity contribution is 0.241. The molecule has 1 aliphatic carbocycles. The fourth-order valence-electron chi connectivity index (χ4n) is 1.65. The van der Waals surface area contributed by atoms with Gasteiger partial charge in [0, 0.05) is 11.3 Å². The van der Waals surface area contributed by atoms with Crippen LogP contribution in [0.2, 0.25) is 0 Å². The van der Waals surface area contributed by atoms with Crippen molar-refractivity contribution in [2.75, 3.05) is 11.5 Å². The molecule has 2 N–H and O–H groups in total. The average molecular weight is 205 g/mol. The highest BCUT2D eigenvalue weighted by Gasteiger charge is 2.33. The van der Waals surface area contributed by atoms with Gasteiger partial charge in [-0.15, -0.1) is 0 Å². The van der Waals surface area contributed by atoms with Crippen LogP contribution in [-0.4, -0.2) is 25.5 Å². The first-order valence-corrected chi connectivity index (χ1v) is 6.79. The molecule has 3 nitrogen and oxygen atoms in total. The molecule has 1 saturated carbocycles. The van der Waals surface area contributed by atoms with E-state index in [4.69, 9.17) is 5.73 Å². The molecule has 0 spiro atoms. The Labute approximate surface area is 80.6 Å². The first-order chi connectivity index (χ1) is 5.97. The SMILES string of the molecule is CCCS(=O)(=O)CCC1(N)CCC1. The quantitative estimate of drug-likeness (QED) is 0.730. The van der Waals surface area contributed by atoms with Crippen LogP contribution in [0.4, 0.5) is 0 Å². The Morgan fingerprint density at radius 1 is 1.31 bits per heavy atom. The van der Waals surface area contributed by atoms with Crippen LogP contribution >= 0.6 is 0 Å². The van der Waals surface area contributed by atoms with Gasteiger partial charge >= 0.3 is 0 Å². The van der Waals surface area contributed by atoms with E-state index in [2.05, 4.69) is 0 Å². The summed E-state index contributed by atoms with van der Waals surface area (Å²) in [5, 5.41) is 0. The number of sulfone groups is 1. The lowest BCUT2D eigenvalue weighted by Gasteiger charge is -2.38. The fraction of sp³-hybridized carbons (Fsp3) is 1.00. The van der Waals surface area contributed by atoms with Crippen LogP contribution in [0, 0.1) is 0 Å². The van der Waals surface area contributed by atoms with Crippen molar-refractivity contribution in [3.63, 3.8) is 0 Å². The van der Waals surface area contributed by atoms with Crippen molar-refractivity contribution in [3.8, 4) is 0 Å². The van der Waals surface area contributed by atoms with Crippen molar-refractivity contribution < 1.29 is 8.42 Å². The summed E-state index contributed by atoms with van der Waals surface area (Å²) in [6.07, 6.45) is 4.50. The summed E-state index contributed by atoms with van der Waals surface area (Å²) in [7, 11) is -2.82. The maximum atomic E-state index is 11.4. The van der Waals surface area contributed by atoms with Gasteiger partial charge in [0.2, 0.25) is 0 Å². The van der Waals surface area contributed by atoms with Crippen molar-refractivity contribution in [2.24, 2.45) is 5.73 Å². The van der Waals surface area contributed by atoms with E-state index in [-0.39, 0.29) is 11.3 Å². The summed E-state index contributed by atoms with van der Waals surface area (Å²) >= 11 is 0. The van der Waals surface area contributed by atoms with Crippen molar-refractivity contribution >= 4 is 9.84 Å². The minimum Gasteiger partial charge on any atom is -0.325 e. The molecule has 0 atom stereocenters. The fourth-order valence-corrected chi connectivity index (χ4v) is 3.20. The van der Waals surface area contributed by atoms with Gasteiger partial charge in [-0.2, -0.15) is 0 Å². The average Bonchev–Trinajstić information content (AvgIpc) is 1.97. The van der Waals surface area contributed by atoms with E-state index in [0.717, 1.165) is 19.3 Å². The van der Waals surface area contributed by atoms with Gasteiger partial charge in [0.1, 0.15) is 9.84 Å². The van der Waals surface area contributed by atoms with Crippen molar-refractivity contribution in [2.45, 2.75) is 44.6 Å². The number of hydrogen-bond donors (Lipinski definition) is 1. The summed E-state index contributed by atoms with van der Waals surface area (Å²) in [6.45, 7) is 1.89. The summed E-state index contributed by atoms with van der Waals surface area (Å²) < 4.78 is 22.7. The third-order valence-electron chi connectivity index (χ3n) is 2.78. The van der Waals surface area contributed by atoms with Gasteiger partial charge in [-0.1, -0.05) is 6.92 Å². The van der Waals surface area contributed by atoms with Crippen LogP contribution in [0.1, 0.15) is 39.0 Å². The zero-order valence-corrected chi connectivity index (χ0v) is 9.07. The third-order valence-corrected chi connectivity index (χ3v) is 4.63. The van der Waals surface area contributed by atoms with Gasteiger partial charge in [-0.05, 0) is 32.1 Å². The van der Waals surface area contributed by atoms with Gasteiger partial charge in [0.15, 0.2) is 0 Å². The molecule has 0 heterocycles. The molecule has 0 bridgehead atoms. The molecule has 4 heteroatoms. The molecule has 1 fully saturated rings. The van der Waals surface area contributed by atoms with Crippen molar-refractivity contribution in [1.82, 2.24) is 0 Å². The minimum absolute atomic E-state index is 0.152. The van der Waals surface area contributed by atoms with Crippen LogP contribution in [0.5, 0.6) is 0 Å². The molecule has 1 rings (SSSR count). The second kappa shape index (κ2) is 3.96. The van der Waals surface area contributed by atoms with E-state index in [1.54, 1.807) is 0 Å². The Morgan fingerprint density at radius 2 is 1.92 bits per heavy atom. The Balaban J connectivity index is 2.33. The van der Waals surface area contributed by atoms with E-state index >= 15 is 0 Å². The Hall–Kier alpha value is -0.0900. The molecule has 0 aromatic heterocycles. The van der Waals surface area contributed by atoms with Crippen LogP contribution in [0.3, 0.4) is 0 Å². The second-order valence-electron chi connectivity index (χ2n) is 4.12. The Bertz CT molecular complexity index is 255. The maximum absolute atomic E-state index is 11.4. The van der Waals surface area contributed by atoms with E-state index in [1.807, 2.05) is 6.92 Å². The van der Waals surface area contributed by atoms with Gasteiger partial charge in [0.25, 0.3) is 0 Å². The second-order valence-corrected chi connectivity index (χ2v) is 6.42. The zero-order chi connectivity index (χ0) is 9.95. The molecule has 0 aliphatic heterocycles. The van der Waals surface area contributed by atoms with Gasteiger partial charge in [0.05, 0.1) is 5.75 Å². The van der Waals surface area contributed by atoms with Gasteiger partial charge in [-0.25, -0.2) is 8.42 Å². The predicted octanol–water partition coefficient (Wildman–Crippen LogP) is 1.08. The molecule has 0 aromatic carbocycles. The highest BCUT2D eigenvalue weighted by atomic mass is 32.2. The molecule has 78 valence electrons. The number of nitrogens with two attached hydrogens (primary N) is 1. The normalized spacial score (nSPS) is 21.1. The topological polar surface area (TPSA) is 60.2 Å². The highest BCUT2D eigenvalue weighted by Crippen LogP contribution is 2.32. The van der Waals surface area contributed by atoms with E-state index in [0.29, 0.717) is 18.6 Å². The minimum atomic E-state index is -2.82. The van der Waals surface area contributed by atoms with Crippen molar-refractivity contribution in [3.05, 3.63) is 0 Å². The first-order valence-electron chi connectivity index (χ1n) is 4.97. The van der Waals surface area contributed by atoms with E-state index in [1.165, 1.54) is 0 Å². The summed E-state index contributed by atoms with van der Waals surface area (Å²) in [6, 6.07) is 0. The standard InChI is InChI=1S/C9H19NO2S/c1-2-7-13(11,12)8-6-9(10)4-3-5-9/h2-8,10H2,1H3. The number of hydrogen-bond acceptors (Lipinski definition) is 3. The third kappa shape index (κ3) is 3.27. The van der Waals surface area contributed by atoms with Crippen molar-refractivity contribution in [1.29, 1.82) is 0 Å². The molecule has 1 aliphatic rings. The van der Waals surface area contributed by atoms with E-state index in [9.17, 15) is 8.42 Å². The van der Waals surface area contributed by atoms with Gasteiger partial charge < -0.3 is 5.73 Å². The molecule has 0 unspecified atom stereocenters. The van der Waals surface area contributed by atoms with Crippen LogP contribution in [-0.2, 0) is 9.84 Å².